The molecule has 0 aromatic heterocycles. The highest BCUT2D eigenvalue weighted by atomic mass is 16.2. The zero-order chi connectivity index (χ0) is 16.5. The molecule has 1 fully saturated rings. The zero-order valence-corrected chi connectivity index (χ0v) is 13.3. The molecule has 2 aromatic rings. The molecular weight excluding hydrogens is 302 g/mol. The molecule has 0 atom stereocenters. The van der Waals surface area contributed by atoms with Crippen LogP contribution in [-0.4, -0.2) is 24.9 Å². The lowest BCUT2D eigenvalue weighted by atomic mass is 10.1. The van der Waals surface area contributed by atoms with Gasteiger partial charge >= 0.3 is 0 Å². The van der Waals surface area contributed by atoms with E-state index in [1.807, 2.05) is 42.5 Å². The number of benzene rings is 2. The fourth-order valence-electron chi connectivity index (χ4n) is 3.36. The van der Waals surface area contributed by atoms with E-state index in [1.165, 1.54) is 5.56 Å². The van der Waals surface area contributed by atoms with Crippen LogP contribution in [0.2, 0.25) is 0 Å². The summed E-state index contributed by atoms with van der Waals surface area (Å²) in [6.07, 6.45) is 2.37. The molecule has 2 heterocycles. The maximum Gasteiger partial charge on any atom is 0.255 e. The zero-order valence-electron chi connectivity index (χ0n) is 13.3. The molecule has 4 rings (SSSR count). The Morgan fingerprint density at radius 2 is 2.00 bits per heavy atom. The minimum Gasteiger partial charge on any atom is -0.384 e. The lowest BCUT2D eigenvalue weighted by molar-refractivity contribution is -0.117. The maximum atomic E-state index is 12.6. The van der Waals surface area contributed by atoms with Gasteiger partial charge in [-0.25, -0.2) is 0 Å². The Hall–Kier alpha value is -2.82. The van der Waals surface area contributed by atoms with Gasteiger partial charge in [0.05, 0.1) is 11.4 Å². The van der Waals surface area contributed by atoms with E-state index in [0.29, 0.717) is 24.2 Å². The van der Waals surface area contributed by atoms with Crippen LogP contribution in [0.25, 0.3) is 0 Å². The number of nitrogens with one attached hydrogen (secondary N) is 2. The van der Waals surface area contributed by atoms with Gasteiger partial charge in [0.25, 0.3) is 5.91 Å². The molecule has 24 heavy (non-hydrogen) atoms. The van der Waals surface area contributed by atoms with Gasteiger partial charge in [0, 0.05) is 30.8 Å². The second kappa shape index (κ2) is 6.00. The van der Waals surface area contributed by atoms with Crippen LogP contribution in [0, 0.1) is 0 Å². The van der Waals surface area contributed by atoms with Crippen LogP contribution in [-0.2, 0) is 11.2 Å². The Kier molecular flexibility index (Phi) is 3.69. The Morgan fingerprint density at radius 3 is 2.83 bits per heavy atom. The number of amides is 2. The normalized spacial score (nSPS) is 16.0. The molecule has 1 saturated heterocycles. The SMILES string of the molecule is O=C(Nc1ccccc1N1CCCC1=O)c1ccc2c(c1)CCN2. The number of carbonyl (C=O) groups is 2. The van der Waals surface area contributed by atoms with Gasteiger partial charge in [-0.3, -0.25) is 9.59 Å². The van der Waals surface area contributed by atoms with Crippen molar-refractivity contribution in [2.45, 2.75) is 19.3 Å². The van der Waals surface area contributed by atoms with E-state index in [-0.39, 0.29) is 11.8 Å². The molecule has 122 valence electrons. The van der Waals surface area contributed by atoms with Crippen molar-refractivity contribution in [3.8, 4) is 0 Å². The largest absolute Gasteiger partial charge is 0.384 e. The summed E-state index contributed by atoms with van der Waals surface area (Å²) in [7, 11) is 0. The molecule has 5 nitrogen and oxygen atoms in total. The minimum absolute atomic E-state index is 0.111. The number of hydrogen-bond acceptors (Lipinski definition) is 3. The third kappa shape index (κ3) is 2.62. The van der Waals surface area contributed by atoms with E-state index in [2.05, 4.69) is 10.6 Å². The van der Waals surface area contributed by atoms with E-state index >= 15 is 0 Å². The second-order valence-electron chi connectivity index (χ2n) is 6.17. The van der Waals surface area contributed by atoms with Gasteiger partial charge in [-0.2, -0.15) is 0 Å². The van der Waals surface area contributed by atoms with Gasteiger partial charge in [0.2, 0.25) is 5.91 Å². The van der Waals surface area contributed by atoms with Crippen molar-refractivity contribution in [1.29, 1.82) is 0 Å². The highest BCUT2D eigenvalue weighted by Crippen LogP contribution is 2.30. The molecule has 0 unspecified atom stereocenters. The third-order valence-electron chi connectivity index (χ3n) is 4.59. The quantitative estimate of drug-likeness (QED) is 0.913. The summed E-state index contributed by atoms with van der Waals surface area (Å²) in [6, 6.07) is 13.2. The second-order valence-corrected chi connectivity index (χ2v) is 6.17. The molecule has 0 spiro atoms. The van der Waals surface area contributed by atoms with E-state index in [0.717, 1.165) is 30.8 Å². The fourth-order valence-corrected chi connectivity index (χ4v) is 3.36. The summed E-state index contributed by atoms with van der Waals surface area (Å²) in [5.74, 6) is -0.0379. The smallest absolute Gasteiger partial charge is 0.255 e. The lowest BCUT2D eigenvalue weighted by Gasteiger charge is -2.20. The van der Waals surface area contributed by atoms with E-state index in [1.54, 1.807) is 4.90 Å². The van der Waals surface area contributed by atoms with Crippen LogP contribution in [0.3, 0.4) is 0 Å². The monoisotopic (exact) mass is 321 g/mol. The van der Waals surface area contributed by atoms with Gasteiger partial charge in [0.1, 0.15) is 0 Å². The Morgan fingerprint density at radius 1 is 1.12 bits per heavy atom. The van der Waals surface area contributed by atoms with Gasteiger partial charge < -0.3 is 15.5 Å². The van der Waals surface area contributed by atoms with Gasteiger partial charge in [0.15, 0.2) is 0 Å². The van der Waals surface area contributed by atoms with Crippen LogP contribution < -0.4 is 15.5 Å². The topological polar surface area (TPSA) is 61.4 Å². The molecule has 0 bridgehead atoms. The van der Waals surface area contributed by atoms with E-state index in [4.69, 9.17) is 0 Å². The third-order valence-corrected chi connectivity index (χ3v) is 4.59. The summed E-state index contributed by atoms with van der Waals surface area (Å²) in [4.78, 5) is 26.4. The van der Waals surface area contributed by atoms with E-state index < -0.39 is 0 Å². The molecule has 2 N–H and O–H groups in total. The van der Waals surface area contributed by atoms with Gasteiger partial charge in [-0.1, -0.05) is 12.1 Å². The van der Waals surface area contributed by atoms with Crippen molar-refractivity contribution in [3.05, 3.63) is 53.6 Å². The number of fused-ring (bicyclic) bond motifs is 1. The van der Waals surface area contributed by atoms with Crippen LogP contribution in [0.15, 0.2) is 42.5 Å². The molecule has 0 saturated carbocycles. The maximum absolute atomic E-state index is 12.6. The molecule has 0 aliphatic carbocycles. The molecule has 2 aliphatic rings. The number of hydrogen-bond donors (Lipinski definition) is 2. The van der Waals surface area contributed by atoms with Crippen molar-refractivity contribution in [2.75, 3.05) is 28.6 Å². The van der Waals surface area contributed by atoms with Crippen molar-refractivity contribution < 1.29 is 9.59 Å². The molecular formula is C19H19N3O2. The summed E-state index contributed by atoms with van der Waals surface area (Å²) in [6.45, 7) is 1.62. The summed E-state index contributed by atoms with van der Waals surface area (Å²) in [5.41, 5.74) is 4.37. The number of anilines is 3. The predicted molar refractivity (Wildman–Crippen MR) is 94.6 cm³/mol. The standard InChI is InChI=1S/C19H19N3O2/c23-18-6-3-11-22(18)17-5-2-1-4-16(17)21-19(24)14-7-8-15-13(12-14)9-10-20-15/h1-2,4-5,7-8,12,20H,3,6,9-11H2,(H,21,24). The highest BCUT2D eigenvalue weighted by Gasteiger charge is 2.24. The van der Waals surface area contributed by atoms with Crippen molar-refractivity contribution in [3.63, 3.8) is 0 Å². The number of rotatable bonds is 3. The summed E-state index contributed by atoms with van der Waals surface area (Å²) in [5, 5.41) is 6.25. The molecule has 5 heteroatoms. The Labute approximate surface area is 140 Å². The predicted octanol–water partition coefficient (Wildman–Crippen LogP) is 3.03. The Balaban J connectivity index is 1.59. The van der Waals surface area contributed by atoms with Crippen LogP contribution in [0.4, 0.5) is 17.1 Å². The Bertz CT molecular complexity index is 816. The first-order valence-corrected chi connectivity index (χ1v) is 8.30. The van der Waals surface area contributed by atoms with Crippen LogP contribution in [0.1, 0.15) is 28.8 Å². The van der Waals surface area contributed by atoms with Crippen LogP contribution >= 0.6 is 0 Å². The number of carbonyl (C=O) groups excluding carboxylic acids is 2. The molecule has 0 radical (unpaired) electrons. The minimum atomic E-state index is -0.149. The summed E-state index contributed by atoms with van der Waals surface area (Å²) >= 11 is 0. The van der Waals surface area contributed by atoms with Crippen molar-refractivity contribution >= 4 is 28.9 Å². The molecule has 2 aromatic carbocycles. The first-order chi connectivity index (χ1) is 11.7. The summed E-state index contributed by atoms with van der Waals surface area (Å²) < 4.78 is 0. The first kappa shape index (κ1) is 14.8. The van der Waals surface area contributed by atoms with E-state index in [9.17, 15) is 9.59 Å². The average molecular weight is 321 g/mol. The van der Waals surface area contributed by atoms with Gasteiger partial charge in [-0.15, -0.1) is 0 Å². The fraction of sp³-hybridized carbons (Fsp3) is 0.263. The van der Waals surface area contributed by atoms with Crippen molar-refractivity contribution in [1.82, 2.24) is 0 Å². The number of nitrogens with zero attached hydrogens (tertiary/aromatic N) is 1. The molecule has 2 amide bonds. The van der Waals surface area contributed by atoms with Crippen LogP contribution in [0.5, 0.6) is 0 Å². The number of para-hydroxylation sites is 2. The lowest BCUT2D eigenvalue weighted by Crippen LogP contribution is -2.25. The van der Waals surface area contributed by atoms with Crippen molar-refractivity contribution in [2.24, 2.45) is 0 Å². The molecule has 2 aliphatic heterocycles. The van der Waals surface area contributed by atoms with Gasteiger partial charge in [-0.05, 0) is 48.7 Å². The average Bonchev–Trinajstić information content (AvgIpc) is 3.23. The highest BCUT2D eigenvalue weighted by molar-refractivity contribution is 6.08. The first-order valence-electron chi connectivity index (χ1n) is 8.30.